The largest absolute Gasteiger partial charge is 0.350 e. The molecular weight excluding hydrogens is 416 g/mol. The number of nitrogens with zero attached hydrogens (tertiary/aromatic N) is 2. The lowest BCUT2D eigenvalue weighted by molar-refractivity contribution is -0.385. The summed E-state index contributed by atoms with van der Waals surface area (Å²) in [6.07, 6.45) is 0. The van der Waals surface area contributed by atoms with Crippen molar-refractivity contribution in [3.8, 4) is 0 Å². The van der Waals surface area contributed by atoms with Gasteiger partial charge in [0.25, 0.3) is 17.3 Å². The fourth-order valence-corrected chi connectivity index (χ4v) is 2.77. The molecule has 0 fully saturated rings. The molecule has 0 spiro atoms. The number of hydrogen-bond donors (Lipinski definition) is 2. The zero-order chi connectivity index (χ0) is 22.4. The molecule has 0 aliphatic carbocycles. The van der Waals surface area contributed by atoms with Crippen LogP contribution in [0.2, 0.25) is 5.02 Å². The van der Waals surface area contributed by atoms with Crippen LogP contribution in [0.5, 0.6) is 0 Å². The van der Waals surface area contributed by atoms with E-state index in [2.05, 4.69) is 10.6 Å². The second-order valence-electron chi connectivity index (χ2n) is 6.76. The van der Waals surface area contributed by atoms with E-state index < -0.39 is 33.4 Å². The Morgan fingerprint density at radius 2 is 1.67 bits per heavy atom. The first-order valence-electron chi connectivity index (χ1n) is 8.86. The molecule has 11 heteroatoms. The summed E-state index contributed by atoms with van der Waals surface area (Å²) in [6.45, 7) is 3.59. The number of carbonyl (C=O) groups excluding carboxylic acids is 2. The minimum atomic E-state index is -0.898. The van der Waals surface area contributed by atoms with Crippen molar-refractivity contribution in [3.63, 3.8) is 0 Å². The van der Waals surface area contributed by atoms with Crippen molar-refractivity contribution in [2.75, 3.05) is 0 Å². The van der Waals surface area contributed by atoms with Crippen LogP contribution in [0.15, 0.2) is 42.5 Å². The van der Waals surface area contributed by atoms with E-state index in [0.717, 1.165) is 6.07 Å². The summed E-state index contributed by atoms with van der Waals surface area (Å²) in [5.74, 6) is -1.38. The van der Waals surface area contributed by atoms with Crippen molar-refractivity contribution in [2.24, 2.45) is 5.92 Å². The van der Waals surface area contributed by atoms with Crippen molar-refractivity contribution in [3.05, 3.63) is 78.8 Å². The number of rotatable bonds is 8. The molecule has 2 N–H and O–H groups in total. The molecule has 2 aromatic rings. The lowest BCUT2D eigenvalue weighted by Gasteiger charge is -2.22. The molecule has 0 saturated carbocycles. The van der Waals surface area contributed by atoms with Crippen LogP contribution in [-0.2, 0) is 11.3 Å². The Morgan fingerprint density at radius 1 is 1.03 bits per heavy atom. The minimum absolute atomic E-state index is 0.0000751. The predicted octanol–water partition coefficient (Wildman–Crippen LogP) is 3.23. The van der Waals surface area contributed by atoms with Gasteiger partial charge in [0.15, 0.2) is 0 Å². The maximum absolute atomic E-state index is 12.6. The van der Waals surface area contributed by atoms with Crippen LogP contribution < -0.4 is 10.6 Å². The third-order valence-electron chi connectivity index (χ3n) is 4.25. The minimum Gasteiger partial charge on any atom is -0.350 e. The molecule has 158 valence electrons. The molecule has 30 heavy (non-hydrogen) atoms. The van der Waals surface area contributed by atoms with Gasteiger partial charge >= 0.3 is 0 Å². The number of nitrogens with one attached hydrogen (secondary N) is 2. The van der Waals surface area contributed by atoms with E-state index in [4.69, 9.17) is 11.6 Å². The molecule has 2 aromatic carbocycles. The van der Waals surface area contributed by atoms with Gasteiger partial charge in [0, 0.05) is 30.3 Å². The molecule has 2 amide bonds. The molecule has 0 aromatic heterocycles. The number of nitro groups is 2. The average Bonchev–Trinajstić information content (AvgIpc) is 2.70. The van der Waals surface area contributed by atoms with E-state index in [1.165, 1.54) is 36.4 Å². The van der Waals surface area contributed by atoms with E-state index in [1.807, 2.05) is 0 Å². The van der Waals surface area contributed by atoms with Gasteiger partial charge in [0.05, 0.1) is 9.85 Å². The second kappa shape index (κ2) is 9.79. The van der Waals surface area contributed by atoms with Crippen molar-refractivity contribution in [1.82, 2.24) is 10.6 Å². The number of benzene rings is 2. The topological polar surface area (TPSA) is 144 Å². The number of carbonyl (C=O) groups is 2. The molecule has 0 radical (unpaired) electrons. The van der Waals surface area contributed by atoms with Crippen LogP contribution in [-0.4, -0.2) is 27.7 Å². The Labute approximate surface area is 176 Å². The van der Waals surface area contributed by atoms with E-state index in [9.17, 15) is 29.8 Å². The molecule has 1 atom stereocenters. The van der Waals surface area contributed by atoms with Crippen LogP contribution >= 0.6 is 11.6 Å². The highest BCUT2D eigenvalue weighted by Gasteiger charge is 2.25. The highest BCUT2D eigenvalue weighted by atomic mass is 35.5. The first-order valence-corrected chi connectivity index (χ1v) is 9.23. The quantitative estimate of drug-likeness (QED) is 0.482. The molecule has 1 unspecified atom stereocenters. The van der Waals surface area contributed by atoms with Crippen LogP contribution in [0.4, 0.5) is 11.4 Å². The Bertz CT molecular complexity index is 977. The summed E-state index contributed by atoms with van der Waals surface area (Å²) in [6, 6.07) is 8.43. The molecule has 0 aliphatic rings. The Hall–Kier alpha value is -3.53. The lowest BCUT2D eigenvalue weighted by Crippen LogP contribution is -2.49. The zero-order valence-corrected chi connectivity index (χ0v) is 16.9. The van der Waals surface area contributed by atoms with Gasteiger partial charge in [0.2, 0.25) is 5.91 Å². The van der Waals surface area contributed by atoms with Gasteiger partial charge in [0.1, 0.15) is 11.1 Å². The van der Waals surface area contributed by atoms with Crippen LogP contribution in [0.25, 0.3) is 0 Å². The van der Waals surface area contributed by atoms with Crippen LogP contribution in [0.3, 0.4) is 0 Å². The molecule has 2 rings (SSSR count). The molecule has 0 heterocycles. The highest BCUT2D eigenvalue weighted by molar-refractivity contribution is 6.32. The second-order valence-corrected chi connectivity index (χ2v) is 7.17. The number of nitro benzene ring substituents is 2. The summed E-state index contributed by atoms with van der Waals surface area (Å²) >= 11 is 5.75. The third kappa shape index (κ3) is 5.74. The van der Waals surface area contributed by atoms with E-state index in [0.29, 0.717) is 5.56 Å². The van der Waals surface area contributed by atoms with Gasteiger partial charge in [-0.3, -0.25) is 29.8 Å². The Kier molecular flexibility index (Phi) is 7.43. The first-order chi connectivity index (χ1) is 14.1. The maximum atomic E-state index is 12.6. The SMILES string of the molecule is CC(C)C(NC(=O)c1ccc(Cl)c([N+](=O)[O-])c1)C(=O)NCc1ccc([N+](=O)[O-])cc1. The lowest BCUT2D eigenvalue weighted by atomic mass is 10.0. The van der Waals surface area contributed by atoms with Gasteiger partial charge in [-0.15, -0.1) is 0 Å². The standard InChI is InChI=1S/C19H19ClN4O6/c1-11(2)17(19(26)21-10-12-3-6-14(7-4-12)23(27)28)22-18(25)13-5-8-15(20)16(9-13)24(29)30/h3-9,11,17H,10H2,1-2H3,(H,21,26)(H,22,25). The zero-order valence-electron chi connectivity index (χ0n) is 16.1. The van der Waals surface area contributed by atoms with Gasteiger partial charge in [-0.1, -0.05) is 37.6 Å². The fourth-order valence-electron chi connectivity index (χ4n) is 2.59. The maximum Gasteiger partial charge on any atom is 0.288 e. The van der Waals surface area contributed by atoms with Gasteiger partial charge in [-0.2, -0.15) is 0 Å². The Balaban J connectivity index is 2.06. The average molecular weight is 435 g/mol. The van der Waals surface area contributed by atoms with E-state index >= 15 is 0 Å². The van der Waals surface area contributed by atoms with Gasteiger partial charge in [-0.05, 0) is 23.6 Å². The van der Waals surface area contributed by atoms with Gasteiger partial charge < -0.3 is 10.6 Å². The smallest absolute Gasteiger partial charge is 0.288 e. The Morgan fingerprint density at radius 3 is 2.20 bits per heavy atom. The summed E-state index contributed by atoms with van der Waals surface area (Å²) in [5, 5.41) is 26.8. The highest BCUT2D eigenvalue weighted by Crippen LogP contribution is 2.25. The third-order valence-corrected chi connectivity index (χ3v) is 4.57. The van der Waals surface area contributed by atoms with Gasteiger partial charge in [-0.25, -0.2) is 0 Å². The normalized spacial score (nSPS) is 11.6. The predicted molar refractivity (Wildman–Crippen MR) is 109 cm³/mol. The molecule has 0 aliphatic heterocycles. The van der Waals surface area contributed by atoms with Crippen molar-refractivity contribution in [1.29, 1.82) is 0 Å². The van der Waals surface area contributed by atoms with Crippen molar-refractivity contribution in [2.45, 2.75) is 26.4 Å². The molecule has 0 bridgehead atoms. The number of non-ortho nitro benzene ring substituents is 1. The first kappa shape index (κ1) is 22.8. The monoisotopic (exact) mass is 434 g/mol. The van der Waals surface area contributed by atoms with Crippen molar-refractivity contribution >= 4 is 34.8 Å². The van der Waals surface area contributed by atoms with Crippen LogP contribution in [0.1, 0.15) is 29.8 Å². The van der Waals surface area contributed by atoms with Crippen molar-refractivity contribution < 1.29 is 19.4 Å². The number of hydrogen-bond acceptors (Lipinski definition) is 6. The summed E-state index contributed by atoms with van der Waals surface area (Å²) in [5.41, 5.74) is 0.179. The summed E-state index contributed by atoms with van der Waals surface area (Å²) < 4.78 is 0. The summed E-state index contributed by atoms with van der Waals surface area (Å²) in [4.78, 5) is 45.5. The molecule has 0 saturated heterocycles. The van der Waals surface area contributed by atoms with E-state index in [-0.39, 0.29) is 28.7 Å². The number of amides is 2. The summed E-state index contributed by atoms with van der Waals surface area (Å²) in [7, 11) is 0. The fraction of sp³-hybridized carbons (Fsp3) is 0.263. The van der Waals surface area contributed by atoms with Crippen LogP contribution in [0, 0.1) is 26.1 Å². The van der Waals surface area contributed by atoms with E-state index in [1.54, 1.807) is 13.8 Å². The molecule has 10 nitrogen and oxygen atoms in total. The number of halogens is 1. The molecular formula is C19H19ClN4O6.